The van der Waals surface area contributed by atoms with Gasteiger partial charge in [-0.05, 0) is 104 Å². The highest BCUT2D eigenvalue weighted by atomic mass is 16.4. The zero-order chi connectivity index (χ0) is 42.2. The highest BCUT2D eigenvalue weighted by Crippen LogP contribution is 2.56. The smallest absolute Gasteiger partial charge is 0.231 e. The number of anilines is 3. The van der Waals surface area contributed by atoms with Crippen molar-refractivity contribution in [3.8, 4) is 33.7 Å². The quantitative estimate of drug-likeness (QED) is 0.161. The molecular weight excluding hydrogens is 781 g/mol. The zero-order valence-electron chi connectivity index (χ0n) is 34.7. The Kier molecular flexibility index (Phi) is 8.09. The van der Waals surface area contributed by atoms with Gasteiger partial charge < -0.3 is 13.7 Å². The molecular formula is C60H38N2O2. The minimum Gasteiger partial charge on any atom is -0.453 e. The molecule has 300 valence electrons. The van der Waals surface area contributed by atoms with Gasteiger partial charge in [-0.3, -0.25) is 0 Å². The first-order valence-corrected chi connectivity index (χ1v) is 21.8. The van der Waals surface area contributed by atoms with E-state index in [4.69, 9.17) is 13.8 Å². The van der Waals surface area contributed by atoms with Crippen LogP contribution >= 0.6 is 0 Å². The van der Waals surface area contributed by atoms with Crippen LogP contribution in [0.1, 0.15) is 22.3 Å². The first-order valence-electron chi connectivity index (χ1n) is 21.8. The van der Waals surface area contributed by atoms with Crippen LogP contribution in [0.2, 0.25) is 0 Å². The number of hydrogen-bond acceptors (Lipinski definition) is 4. The maximum Gasteiger partial charge on any atom is 0.231 e. The average molecular weight is 819 g/mol. The lowest BCUT2D eigenvalue weighted by Crippen LogP contribution is -2.28. The largest absolute Gasteiger partial charge is 0.453 e. The Morgan fingerprint density at radius 2 is 0.984 bits per heavy atom. The lowest BCUT2D eigenvalue weighted by Gasteiger charge is -2.34. The number of oxazole rings is 1. The molecule has 0 atom stereocenters. The van der Waals surface area contributed by atoms with Gasteiger partial charge in [-0.15, -0.1) is 0 Å². The third kappa shape index (κ3) is 5.39. The van der Waals surface area contributed by atoms with Crippen LogP contribution in [-0.2, 0) is 5.41 Å². The molecule has 0 saturated heterocycles. The molecule has 12 aromatic rings. The molecule has 13 rings (SSSR count). The second-order valence-electron chi connectivity index (χ2n) is 16.6. The highest BCUT2D eigenvalue weighted by molar-refractivity contribution is 6.19. The monoisotopic (exact) mass is 818 g/mol. The molecule has 0 amide bonds. The lowest BCUT2D eigenvalue weighted by atomic mass is 9.68. The standard InChI is InChI=1S/C60H38N2O2/c1-3-16-39(17-4-1)40-30-34-44(35-31-40)62(45-36-32-43(33-37-45)60(42-19-5-2-6-20-42)51-25-11-9-22-47(51)48-23-10-12-26-52(48)60)54-28-15-24-49-50-38-41-18-7-8-21-46(41)56(58(50)64-57(49)54)59-61-53-27-13-14-29-55(53)63-59/h1-38H. The van der Waals surface area contributed by atoms with Crippen molar-refractivity contribution >= 4 is 60.9 Å². The Balaban J connectivity index is 1.04. The van der Waals surface area contributed by atoms with Crippen LogP contribution in [0.5, 0.6) is 0 Å². The number of aromatic nitrogens is 1. The van der Waals surface area contributed by atoms with Gasteiger partial charge in [0.2, 0.25) is 5.89 Å². The van der Waals surface area contributed by atoms with Crippen molar-refractivity contribution in [2.24, 2.45) is 0 Å². The number of furan rings is 1. The van der Waals surface area contributed by atoms with Gasteiger partial charge in [-0.2, -0.15) is 0 Å². The number of para-hydroxylation sites is 3. The maximum atomic E-state index is 7.21. The molecule has 0 radical (unpaired) electrons. The predicted octanol–water partition coefficient (Wildman–Crippen LogP) is 16.0. The lowest BCUT2D eigenvalue weighted by molar-refractivity contribution is 0.616. The summed E-state index contributed by atoms with van der Waals surface area (Å²) in [5.41, 5.74) is 16.2. The summed E-state index contributed by atoms with van der Waals surface area (Å²) < 4.78 is 13.7. The van der Waals surface area contributed by atoms with Gasteiger partial charge in [-0.25, -0.2) is 4.98 Å². The summed E-state index contributed by atoms with van der Waals surface area (Å²) in [5.74, 6) is 0.537. The molecule has 4 nitrogen and oxygen atoms in total. The fourth-order valence-electron chi connectivity index (χ4n) is 10.4. The summed E-state index contributed by atoms with van der Waals surface area (Å²) >= 11 is 0. The minimum atomic E-state index is -0.503. The van der Waals surface area contributed by atoms with Crippen molar-refractivity contribution in [2.75, 3.05) is 4.90 Å². The van der Waals surface area contributed by atoms with Crippen LogP contribution in [0.15, 0.2) is 239 Å². The summed E-state index contributed by atoms with van der Waals surface area (Å²) in [6, 6.07) is 82.3. The molecule has 0 bridgehead atoms. The normalized spacial score (nSPS) is 12.8. The average Bonchev–Trinajstić information content (AvgIpc) is 4.06. The van der Waals surface area contributed by atoms with Gasteiger partial charge in [0.25, 0.3) is 0 Å². The van der Waals surface area contributed by atoms with E-state index in [1.54, 1.807) is 0 Å². The van der Waals surface area contributed by atoms with Gasteiger partial charge in [0.15, 0.2) is 11.2 Å². The summed E-state index contributed by atoms with van der Waals surface area (Å²) in [5, 5.41) is 4.13. The summed E-state index contributed by atoms with van der Waals surface area (Å²) in [7, 11) is 0. The molecule has 2 heterocycles. The van der Waals surface area contributed by atoms with Crippen LogP contribution in [0.25, 0.3) is 77.5 Å². The Bertz CT molecular complexity index is 3640. The molecule has 0 fully saturated rings. The fraction of sp³-hybridized carbons (Fsp3) is 0.0167. The molecule has 0 saturated carbocycles. The third-order valence-corrected chi connectivity index (χ3v) is 13.2. The van der Waals surface area contributed by atoms with Gasteiger partial charge in [0.1, 0.15) is 11.1 Å². The molecule has 0 aliphatic heterocycles. The topological polar surface area (TPSA) is 42.4 Å². The minimum absolute atomic E-state index is 0.503. The van der Waals surface area contributed by atoms with Gasteiger partial charge in [-0.1, -0.05) is 182 Å². The molecule has 64 heavy (non-hydrogen) atoms. The van der Waals surface area contributed by atoms with Crippen LogP contribution in [0, 0.1) is 0 Å². The van der Waals surface area contributed by atoms with E-state index >= 15 is 0 Å². The van der Waals surface area contributed by atoms with Gasteiger partial charge in [0.05, 0.1) is 16.7 Å². The van der Waals surface area contributed by atoms with E-state index in [1.165, 1.54) is 38.9 Å². The molecule has 1 aliphatic rings. The Morgan fingerprint density at radius 1 is 0.406 bits per heavy atom. The van der Waals surface area contributed by atoms with Crippen molar-refractivity contribution in [3.05, 3.63) is 253 Å². The van der Waals surface area contributed by atoms with Crippen molar-refractivity contribution in [2.45, 2.75) is 5.41 Å². The highest BCUT2D eigenvalue weighted by Gasteiger charge is 2.45. The van der Waals surface area contributed by atoms with E-state index in [2.05, 4.69) is 211 Å². The summed E-state index contributed by atoms with van der Waals surface area (Å²) in [6.45, 7) is 0. The van der Waals surface area contributed by atoms with Crippen molar-refractivity contribution in [1.29, 1.82) is 0 Å². The first kappa shape index (κ1) is 36.2. The summed E-state index contributed by atoms with van der Waals surface area (Å²) in [6.07, 6.45) is 0. The van der Waals surface area contributed by atoms with Gasteiger partial charge >= 0.3 is 0 Å². The first-order chi connectivity index (χ1) is 31.7. The molecule has 10 aromatic carbocycles. The van der Waals surface area contributed by atoms with E-state index in [0.717, 1.165) is 72.0 Å². The number of nitrogens with zero attached hydrogens (tertiary/aromatic N) is 2. The molecule has 1 aliphatic carbocycles. The van der Waals surface area contributed by atoms with E-state index in [0.29, 0.717) is 5.89 Å². The number of hydrogen-bond donors (Lipinski definition) is 0. The van der Waals surface area contributed by atoms with E-state index in [1.807, 2.05) is 24.3 Å². The van der Waals surface area contributed by atoms with Crippen molar-refractivity contribution < 1.29 is 8.83 Å². The number of fused-ring (bicyclic) bond motifs is 8. The Hall–Kier alpha value is -8.47. The van der Waals surface area contributed by atoms with Crippen LogP contribution in [0.4, 0.5) is 17.1 Å². The maximum absolute atomic E-state index is 7.21. The van der Waals surface area contributed by atoms with E-state index in [-0.39, 0.29) is 0 Å². The molecule has 0 N–H and O–H groups in total. The second-order valence-corrected chi connectivity index (χ2v) is 16.6. The Labute approximate surface area is 369 Å². The molecule has 4 heteroatoms. The van der Waals surface area contributed by atoms with Crippen LogP contribution in [-0.4, -0.2) is 4.98 Å². The molecule has 0 spiro atoms. The SMILES string of the molecule is c1ccc(-c2ccc(N(c3ccc(C4(c5ccccc5)c5ccccc5-c5ccccc54)cc3)c3cccc4c3oc3c(-c5nc6ccccc6o5)c5ccccc5cc34)cc2)cc1. The fourth-order valence-corrected chi connectivity index (χ4v) is 10.4. The van der Waals surface area contributed by atoms with E-state index < -0.39 is 5.41 Å². The van der Waals surface area contributed by atoms with Crippen molar-refractivity contribution in [3.63, 3.8) is 0 Å². The second kappa shape index (κ2) is 14.3. The van der Waals surface area contributed by atoms with Crippen LogP contribution < -0.4 is 4.90 Å². The number of rotatable bonds is 7. The summed E-state index contributed by atoms with van der Waals surface area (Å²) in [4.78, 5) is 7.33. The third-order valence-electron chi connectivity index (χ3n) is 13.2. The number of benzene rings is 10. The van der Waals surface area contributed by atoms with Gasteiger partial charge in [0, 0.05) is 22.1 Å². The van der Waals surface area contributed by atoms with Crippen molar-refractivity contribution in [1.82, 2.24) is 4.98 Å². The molecule has 2 aromatic heterocycles. The predicted molar refractivity (Wildman–Crippen MR) is 262 cm³/mol. The molecule has 0 unspecified atom stereocenters. The zero-order valence-corrected chi connectivity index (χ0v) is 34.7. The van der Waals surface area contributed by atoms with Crippen LogP contribution in [0.3, 0.4) is 0 Å². The Morgan fingerprint density at radius 3 is 1.72 bits per heavy atom. The van der Waals surface area contributed by atoms with E-state index in [9.17, 15) is 0 Å².